The highest BCUT2D eigenvalue weighted by molar-refractivity contribution is 6.33. The molecular formula is C8H10ClN. The van der Waals surface area contributed by atoms with Gasteiger partial charge in [-0.15, -0.1) is 0 Å². The molecule has 0 saturated carbocycles. The predicted octanol–water partition coefficient (Wildman–Crippen LogP) is 2.48. The molecule has 10 heavy (non-hydrogen) atoms. The van der Waals surface area contributed by atoms with Crippen LogP contribution in [0.2, 0.25) is 5.02 Å². The number of nitrogen functional groups attached to an aromatic ring is 1. The van der Waals surface area contributed by atoms with Gasteiger partial charge in [0.15, 0.2) is 0 Å². The minimum absolute atomic E-state index is 0.636. The van der Waals surface area contributed by atoms with Gasteiger partial charge in [0.05, 0.1) is 10.7 Å². The van der Waals surface area contributed by atoms with Crippen molar-refractivity contribution >= 4 is 17.3 Å². The molecule has 0 fully saturated rings. The highest BCUT2D eigenvalue weighted by atomic mass is 35.5. The summed E-state index contributed by atoms with van der Waals surface area (Å²) in [6, 6.07) is 5.72. The molecule has 0 radical (unpaired) electrons. The molecule has 0 unspecified atom stereocenters. The standard InChI is InChI=1S/C8H10ClN/c1-2-6-3-4-7(9)8(10)5-6/h3-5H,2,10H2,1H3. The van der Waals surface area contributed by atoms with Gasteiger partial charge in [-0.2, -0.15) is 0 Å². The number of nitrogens with two attached hydrogens (primary N) is 1. The third-order valence-electron chi connectivity index (χ3n) is 1.47. The Morgan fingerprint density at radius 1 is 1.50 bits per heavy atom. The van der Waals surface area contributed by atoms with Crippen molar-refractivity contribution in [3.63, 3.8) is 0 Å². The first kappa shape index (κ1) is 7.42. The summed E-state index contributed by atoms with van der Waals surface area (Å²) >= 11 is 5.71. The van der Waals surface area contributed by atoms with Crippen LogP contribution >= 0.6 is 11.6 Å². The molecule has 0 aliphatic rings. The van der Waals surface area contributed by atoms with E-state index in [-0.39, 0.29) is 0 Å². The third kappa shape index (κ3) is 1.42. The van der Waals surface area contributed by atoms with Crippen molar-refractivity contribution in [2.45, 2.75) is 13.3 Å². The average Bonchev–Trinajstić information content (AvgIpc) is 1.95. The molecule has 0 spiro atoms. The van der Waals surface area contributed by atoms with E-state index in [2.05, 4.69) is 6.92 Å². The van der Waals surface area contributed by atoms with Gasteiger partial charge in [-0.05, 0) is 24.1 Å². The highest BCUT2D eigenvalue weighted by Gasteiger charge is 1.94. The second kappa shape index (κ2) is 2.93. The van der Waals surface area contributed by atoms with Gasteiger partial charge < -0.3 is 5.73 Å². The molecule has 0 atom stereocenters. The summed E-state index contributed by atoms with van der Waals surface area (Å²) in [5, 5.41) is 0.636. The second-order valence-corrected chi connectivity index (χ2v) is 2.62. The molecule has 0 aromatic heterocycles. The van der Waals surface area contributed by atoms with E-state index in [1.807, 2.05) is 18.2 Å². The van der Waals surface area contributed by atoms with Crippen LogP contribution in [0.3, 0.4) is 0 Å². The lowest BCUT2D eigenvalue weighted by Crippen LogP contribution is -1.88. The van der Waals surface area contributed by atoms with Gasteiger partial charge in [-0.3, -0.25) is 0 Å². The Bertz CT molecular complexity index is 233. The number of benzene rings is 1. The molecule has 0 heterocycles. The van der Waals surface area contributed by atoms with Gasteiger partial charge in [0, 0.05) is 0 Å². The lowest BCUT2D eigenvalue weighted by atomic mass is 10.1. The van der Waals surface area contributed by atoms with E-state index >= 15 is 0 Å². The van der Waals surface area contributed by atoms with Gasteiger partial charge in [-0.25, -0.2) is 0 Å². The Morgan fingerprint density at radius 2 is 2.20 bits per heavy atom. The number of halogens is 1. The zero-order valence-corrected chi connectivity index (χ0v) is 6.65. The molecular weight excluding hydrogens is 146 g/mol. The zero-order valence-electron chi connectivity index (χ0n) is 5.89. The van der Waals surface area contributed by atoms with Crippen LogP contribution < -0.4 is 5.73 Å². The lowest BCUT2D eigenvalue weighted by molar-refractivity contribution is 1.14. The third-order valence-corrected chi connectivity index (χ3v) is 1.81. The molecule has 0 saturated heterocycles. The van der Waals surface area contributed by atoms with Crippen LogP contribution in [-0.4, -0.2) is 0 Å². The quantitative estimate of drug-likeness (QED) is 0.620. The fourth-order valence-corrected chi connectivity index (χ4v) is 0.931. The maximum atomic E-state index is 5.71. The number of rotatable bonds is 1. The number of aryl methyl sites for hydroxylation is 1. The maximum Gasteiger partial charge on any atom is 0.0635 e. The predicted molar refractivity (Wildman–Crippen MR) is 45.2 cm³/mol. The first-order chi connectivity index (χ1) is 4.74. The minimum Gasteiger partial charge on any atom is -0.398 e. The molecule has 0 aliphatic carbocycles. The number of anilines is 1. The first-order valence-corrected chi connectivity index (χ1v) is 3.65. The molecule has 2 N–H and O–H groups in total. The summed E-state index contributed by atoms with van der Waals surface area (Å²) in [5.41, 5.74) is 7.46. The molecule has 1 aromatic carbocycles. The number of hydrogen-bond donors (Lipinski definition) is 1. The van der Waals surface area contributed by atoms with E-state index in [4.69, 9.17) is 17.3 Å². The van der Waals surface area contributed by atoms with Crippen LogP contribution in [0.5, 0.6) is 0 Å². The molecule has 1 aromatic rings. The lowest BCUT2D eigenvalue weighted by Gasteiger charge is -1.99. The van der Waals surface area contributed by atoms with E-state index in [1.54, 1.807) is 0 Å². The van der Waals surface area contributed by atoms with Crippen LogP contribution in [0.15, 0.2) is 18.2 Å². The summed E-state index contributed by atoms with van der Waals surface area (Å²) in [6.07, 6.45) is 1.00. The van der Waals surface area contributed by atoms with E-state index in [9.17, 15) is 0 Å². The fourth-order valence-electron chi connectivity index (χ4n) is 0.813. The Balaban J connectivity index is 3.04. The molecule has 1 nitrogen and oxygen atoms in total. The van der Waals surface area contributed by atoms with Crippen LogP contribution in [0, 0.1) is 0 Å². The number of hydrogen-bond acceptors (Lipinski definition) is 1. The van der Waals surface area contributed by atoms with Crippen LogP contribution in [-0.2, 0) is 6.42 Å². The van der Waals surface area contributed by atoms with Crippen molar-refractivity contribution in [2.24, 2.45) is 0 Å². The minimum atomic E-state index is 0.636. The summed E-state index contributed by atoms with van der Waals surface area (Å²) < 4.78 is 0. The summed E-state index contributed by atoms with van der Waals surface area (Å²) in [5.74, 6) is 0. The summed E-state index contributed by atoms with van der Waals surface area (Å²) in [6.45, 7) is 2.09. The van der Waals surface area contributed by atoms with Gasteiger partial charge in [0.1, 0.15) is 0 Å². The summed E-state index contributed by atoms with van der Waals surface area (Å²) in [7, 11) is 0. The van der Waals surface area contributed by atoms with Gasteiger partial charge in [0.2, 0.25) is 0 Å². The van der Waals surface area contributed by atoms with Gasteiger partial charge in [0.25, 0.3) is 0 Å². The molecule has 1 rings (SSSR count). The highest BCUT2D eigenvalue weighted by Crippen LogP contribution is 2.19. The maximum absolute atomic E-state index is 5.71. The molecule has 0 bridgehead atoms. The van der Waals surface area contributed by atoms with Crippen LogP contribution in [0.1, 0.15) is 12.5 Å². The van der Waals surface area contributed by atoms with Crippen molar-refractivity contribution < 1.29 is 0 Å². The summed E-state index contributed by atoms with van der Waals surface area (Å²) in [4.78, 5) is 0. The van der Waals surface area contributed by atoms with Crippen molar-refractivity contribution in [3.05, 3.63) is 28.8 Å². The van der Waals surface area contributed by atoms with Gasteiger partial charge in [-0.1, -0.05) is 24.6 Å². The van der Waals surface area contributed by atoms with Gasteiger partial charge >= 0.3 is 0 Å². The Morgan fingerprint density at radius 3 is 2.70 bits per heavy atom. The van der Waals surface area contributed by atoms with E-state index in [0.717, 1.165) is 6.42 Å². The normalized spacial score (nSPS) is 9.80. The van der Waals surface area contributed by atoms with Crippen LogP contribution in [0.4, 0.5) is 5.69 Å². The SMILES string of the molecule is CCc1ccc(Cl)c(N)c1. The fraction of sp³-hybridized carbons (Fsp3) is 0.250. The zero-order chi connectivity index (χ0) is 7.56. The van der Waals surface area contributed by atoms with E-state index in [0.29, 0.717) is 10.7 Å². The molecule has 0 amide bonds. The monoisotopic (exact) mass is 155 g/mol. The average molecular weight is 156 g/mol. The Hall–Kier alpha value is -0.690. The van der Waals surface area contributed by atoms with Crippen molar-refractivity contribution in [2.75, 3.05) is 5.73 Å². The topological polar surface area (TPSA) is 26.0 Å². The van der Waals surface area contributed by atoms with E-state index < -0.39 is 0 Å². The second-order valence-electron chi connectivity index (χ2n) is 2.21. The van der Waals surface area contributed by atoms with Crippen molar-refractivity contribution in [1.82, 2.24) is 0 Å². The van der Waals surface area contributed by atoms with E-state index in [1.165, 1.54) is 5.56 Å². The smallest absolute Gasteiger partial charge is 0.0635 e. The Labute approximate surface area is 65.8 Å². The first-order valence-electron chi connectivity index (χ1n) is 3.28. The Kier molecular flexibility index (Phi) is 2.17. The van der Waals surface area contributed by atoms with Crippen molar-refractivity contribution in [1.29, 1.82) is 0 Å². The largest absolute Gasteiger partial charge is 0.398 e. The molecule has 2 heteroatoms. The molecule has 54 valence electrons. The van der Waals surface area contributed by atoms with Crippen molar-refractivity contribution in [3.8, 4) is 0 Å². The van der Waals surface area contributed by atoms with Crippen LogP contribution in [0.25, 0.3) is 0 Å². The molecule has 0 aliphatic heterocycles.